The highest BCUT2D eigenvalue weighted by atomic mass is 16.3. The summed E-state index contributed by atoms with van der Waals surface area (Å²) in [6.07, 6.45) is 0.519. The standard InChI is InChI=1S/C13H18N2O4/c1-3-9(7-16)14-12(18)13(19)15-10-6-8(2)4-5-11(10)17/h4-6,9,16-17H,3,7H2,1-2H3,(H,14,18)(H,15,19). The molecule has 4 N–H and O–H groups in total. The average molecular weight is 266 g/mol. The van der Waals surface area contributed by atoms with Gasteiger partial charge in [0, 0.05) is 0 Å². The minimum atomic E-state index is -0.882. The van der Waals surface area contributed by atoms with Gasteiger partial charge in [0.15, 0.2) is 0 Å². The molecule has 0 aliphatic rings. The molecule has 2 amide bonds. The summed E-state index contributed by atoms with van der Waals surface area (Å²) < 4.78 is 0. The van der Waals surface area contributed by atoms with Crippen molar-refractivity contribution in [1.82, 2.24) is 5.32 Å². The van der Waals surface area contributed by atoms with Crippen molar-refractivity contribution < 1.29 is 19.8 Å². The van der Waals surface area contributed by atoms with E-state index in [0.717, 1.165) is 5.56 Å². The fourth-order valence-corrected chi connectivity index (χ4v) is 1.46. The van der Waals surface area contributed by atoms with Crippen molar-refractivity contribution >= 4 is 17.5 Å². The van der Waals surface area contributed by atoms with Crippen molar-refractivity contribution in [2.75, 3.05) is 11.9 Å². The largest absolute Gasteiger partial charge is 0.506 e. The second-order valence-corrected chi connectivity index (χ2v) is 4.24. The Kier molecular flexibility index (Phi) is 5.32. The number of amides is 2. The number of aromatic hydroxyl groups is 1. The molecule has 1 aromatic carbocycles. The third-order valence-corrected chi connectivity index (χ3v) is 2.65. The molecule has 0 saturated carbocycles. The molecule has 0 bridgehead atoms. The van der Waals surface area contributed by atoms with E-state index in [1.54, 1.807) is 26.0 Å². The summed E-state index contributed by atoms with van der Waals surface area (Å²) in [5.41, 5.74) is 1.02. The average Bonchev–Trinajstić information content (AvgIpc) is 2.39. The van der Waals surface area contributed by atoms with E-state index in [9.17, 15) is 14.7 Å². The number of aliphatic hydroxyl groups is 1. The first kappa shape index (κ1) is 15.0. The topological polar surface area (TPSA) is 98.7 Å². The van der Waals surface area contributed by atoms with E-state index >= 15 is 0 Å². The Morgan fingerprint density at radius 3 is 2.58 bits per heavy atom. The van der Waals surface area contributed by atoms with Crippen molar-refractivity contribution in [1.29, 1.82) is 0 Å². The first-order valence-electron chi connectivity index (χ1n) is 6.00. The molecule has 104 valence electrons. The highest BCUT2D eigenvalue weighted by Crippen LogP contribution is 2.23. The number of benzene rings is 1. The molecule has 0 aliphatic heterocycles. The number of phenolic OH excluding ortho intramolecular Hbond substituents is 1. The molecule has 0 spiro atoms. The fourth-order valence-electron chi connectivity index (χ4n) is 1.46. The molecule has 1 atom stereocenters. The van der Waals surface area contributed by atoms with Crippen molar-refractivity contribution in [2.45, 2.75) is 26.3 Å². The van der Waals surface area contributed by atoms with Crippen LogP contribution in [-0.4, -0.2) is 34.7 Å². The number of hydrogen-bond donors (Lipinski definition) is 4. The van der Waals surface area contributed by atoms with Gasteiger partial charge in [0.05, 0.1) is 18.3 Å². The zero-order valence-corrected chi connectivity index (χ0v) is 10.9. The zero-order valence-electron chi connectivity index (χ0n) is 10.9. The van der Waals surface area contributed by atoms with Crippen LogP contribution in [0.3, 0.4) is 0 Å². The number of anilines is 1. The number of nitrogens with one attached hydrogen (secondary N) is 2. The lowest BCUT2D eigenvalue weighted by molar-refractivity contribution is -0.136. The smallest absolute Gasteiger partial charge is 0.313 e. The van der Waals surface area contributed by atoms with Gasteiger partial charge in [-0.15, -0.1) is 0 Å². The van der Waals surface area contributed by atoms with E-state index in [-0.39, 0.29) is 18.0 Å². The highest BCUT2D eigenvalue weighted by Gasteiger charge is 2.18. The Hall–Kier alpha value is -2.08. The third kappa shape index (κ3) is 4.26. The monoisotopic (exact) mass is 266 g/mol. The first-order valence-corrected chi connectivity index (χ1v) is 6.00. The lowest BCUT2D eigenvalue weighted by Crippen LogP contribution is -2.43. The number of aliphatic hydroxyl groups excluding tert-OH is 1. The summed E-state index contributed by atoms with van der Waals surface area (Å²) in [5.74, 6) is -1.84. The van der Waals surface area contributed by atoms with Crippen LogP contribution in [0.4, 0.5) is 5.69 Å². The predicted octanol–water partition coefficient (Wildman–Crippen LogP) is 0.526. The Morgan fingerprint density at radius 2 is 2.00 bits per heavy atom. The van der Waals surface area contributed by atoms with E-state index in [2.05, 4.69) is 10.6 Å². The quantitative estimate of drug-likeness (QED) is 0.472. The summed E-state index contributed by atoms with van der Waals surface area (Å²) >= 11 is 0. The van der Waals surface area contributed by atoms with Crippen molar-refractivity contribution in [2.24, 2.45) is 0 Å². The summed E-state index contributed by atoms with van der Waals surface area (Å²) in [5, 5.41) is 23.2. The maximum absolute atomic E-state index is 11.6. The van der Waals surface area contributed by atoms with Gasteiger partial charge in [-0.25, -0.2) is 0 Å². The minimum absolute atomic E-state index is 0.110. The van der Waals surface area contributed by atoms with Gasteiger partial charge in [0.25, 0.3) is 0 Å². The Balaban J connectivity index is 2.69. The number of carbonyl (C=O) groups excluding carboxylic acids is 2. The molecule has 0 fully saturated rings. The van der Waals surface area contributed by atoms with Crippen LogP contribution >= 0.6 is 0 Å². The molecular formula is C13H18N2O4. The second-order valence-electron chi connectivity index (χ2n) is 4.24. The Morgan fingerprint density at radius 1 is 1.32 bits per heavy atom. The third-order valence-electron chi connectivity index (χ3n) is 2.65. The van der Waals surface area contributed by atoms with Crippen LogP contribution in [0.5, 0.6) is 5.75 Å². The molecule has 6 heteroatoms. The Bertz CT molecular complexity index is 470. The molecule has 0 heterocycles. The van der Waals surface area contributed by atoms with Gasteiger partial charge in [-0.3, -0.25) is 9.59 Å². The van der Waals surface area contributed by atoms with Crippen LogP contribution in [0.15, 0.2) is 18.2 Å². The lowest BCUT2D eigenvalue weighted by Gasteiger charge is -2.14. The summed E-state index contributed by atoms with van der Waals surface area (Å²) in [6.45, 7) is 3.35. The van der Waals surface area contributed by atoms with Gasteiger partial charge in [-0.2, -0.15) is 0 Å². The van der Waals surface area contributed by atoms with E-state index < -0.39 is 17.9 Å². The van der Waals surface area contributed by atoms with Gasteiger partial charge in [0.1, 0.15) is 5.75 Å². The summed E-state index contributed by atoms with van der Waals surface area (Å²) in [7, 11) is 0. The molecule has 0 saturated heterocycles. The van der Waals surface area contributed by atoms with Gasteiger partial charge in [0.2, 0.25) is 0 Å². The maximum Gasteiger partial charge on any atom is 0.313 e. The number of aryl methyl sites for hydroxylation is 1. The number of hydrogen-bond acceptors (Lipinski definition) is 4. The highest BCUT2D eigenvalue weighted by molar-refractivity contribution is 6.39. The van der Waals surface area contributed by atoms with Crippen molar-refractivity contribution in [3.63, 3.8) is 0 Å². The number of rotatable bonds is 4. The fraction of sp³-hybridized carbons (Fsp3) is 0.385. The molecule has 19 heavy (non-hydrogen) atoms. The van der Waals surface area contributed by atoms with Crippen molar-refractivity contribution in [3.05, 3.63) is 23.8 Å². The molecule has 0 radical (unpaired) electrons. The van der Waals surface area contributed by atoms with E-state index in [1.807, 2.05) is 0 Å². The van der Waals surface area contributed by atoms with Gasteiger partial charge >= 0.3 is 11.8 Å². The molecule has 0 aliphatic carbocycles. The van der Waals surface area contributed by atoms with Crippen LogP contribution in [0.25, 0.3) is 0 Å². The van der Waals surface area contributed by atoms with E-state index in [0.29, 0.717) is 6.42 Å². The SMILES string of the molecule is CCC(CO)NC(=O)C(=O)Nc1cc(C)ccc1O. The van der Waals surface area contributed by atoms with Crippen LogP contribution in [-0.2, 0) is 9.59 Å². The first-order chi connectivity index (χ1) is 8.97. The summed E-state index contributed by atoms with van der Waals surface area (Å²) in [4.78, 5) is 23.2. The molecule has 1 rings (SSSR count). The number of carbonyl (C=O) groups is 2. The second kappa shape index (κ2) is 6.75. The molecule has 1 aromatic rings. The molecular weight excluding hydrogens is 248 g/mol. The van der Waals surface area contributed by atoms with Crippen LogP contribution in [0, 0.1) is 6.92 Å². The zero-order chi connectivity index (χ0) is 14.4. The normalized spacial score (nSPS) is 11.7. The predicted molar refractivity (Wildman–Crippen MR) is 70.8 cm³/mol. The van der Waals surface area contributed by atoms with Gasteiger partial charge in [-0.1, -0.05) is 13.0 Å². The van der Waals surface area contributed by atoms with Crippen LogP contribution in [0.2, 0.25) is 0 Å². The summed E-state index contributed by atoms with van der Waals surface area (Å²) in [6, 6.07) is 4.23. The van der Waals surface area contributed by atoms with Crippen molar-refractivity contribution in [3.8, 4) is 5.75 Å². The van der Waals surface area contributed by atoms with Crippen LogP contribution in [0.1, 0.15) is 18.9 Å². The van der Waals surface area contributed by atoms with Gasteiger partial charge in [-0.05, 0) is 31.0 Å². The lowest BCUT2D eigenvalue weighted by atomic mass is 10.2. The van der Waals surface area contributed by atoms with Crippen LogP contribution < -0.4 is 10.6 Å². The van der Waals surface area contributed by atoms with Gasteiger partial charge < -0.3 is 20.8 Å². The molecule has 0 aromatic heterocycles. The Labute approximate surface area is 111 Å². The molecule has 1 unspecified atom stereocenters. The van der Waals surface area contributed by atoms with E-state index in [1.165, 1.54) is 6.07 Å². The maximum atomic E-state index is 11.6. The molecule has 6 nitrogen and oxygen atoms in total. The minimum Gasteiger partial charge on any atom is -0.506 e. The van der Waals surface area contributed by atoms with E-state index in [4.69, 9.17) is 5.11 Å². The number of phenols is 1.